The van der Waals surface area contributed by atoms with Crippen molar-refractivity contribution in [2.45, 2.75) is 83.1 Å². The van der Waals surface area contributed by atoms with Crippen LogP contribution in [0.4, 0.5) is 0 Å². The van der Waals surface area contributed by atoms with E-state index in [1.165, 1.54) is 73.9 Å². The molecule has 0 saturated heterocycles. The van der Waals surface area contributed by atoms with Crippen molar-refractivity contribution >= 4 is 31.7 Å². The Kier molecular flexibility index (Phi) is 54.2. The van der Waals surface area contributed by atoms with Gasteiger partial charge in [-0.2, -0.15) is 0 Å². The molecule has 0 heterocycles. The fourth-order valence-electron chi connectivity index (χ4n) is 2.68. The van der Waals surface area contributed by atoms with Gasteiger partial charge >= 0.3 is 0 Å². The first-order valence-electron chi connectivity index (χ1n) is 12.3. The Bertz CT molecular complexity index is 157. The molecule has 0 aromatic rings. The molecule has 0 nitrogen and oxygen atoms in total. The Morgan fingerprint density at radius 1 is 0.241 bits per heavy atom. The molecular formula is C24H60P4Pt. The minimum atomic E-state index is 0. The van der Waals surface area contributed by atoms with Crippen molar-refractivity contribution in [1.82, 2.24) is 0 Å². The standard InChI is InChI=1S/4C6H15P.Pt/c4*1-4-7(5-2)6-3;/h4*4-6H2,1-3H3;. The monoisotopic (exact) mass is 667 g/mol. The summed E-state index contributed by atoms with van der Waals surface area (Å²) >= 11 is 0. The van der Waals surface area contributed by atoms with E-state index in [-0.39, 0.29) is 21.1 Å². The molecule has 0 aliphatic rings. The van der Waals surface area contributed by atoms with Crippen LogP contribution in [-0.4, -0.2) is 73.9 Å². The number of rotatable bonds is 12. The first-order chi connectivity index (χ1) is 13.4. The van der Waals surface area contributed by atoms with Gasteiger partial charge in [-0.25, -0.2) is 0 Å². The van der Waals surface area contributed by atoms with Crippen LogP contribution < -0.4 is 0 Å². The second-order valence-electron chi connectivity index (χ2n) is 6.48. The van der Waals surface area contributed by atoms with Gasteiger partial charge in [-0.1, -0.05) is 83.1 Å². The third-order valence-corrected chi connectivity index (χ3v) is 16.1. The van der Waals surface area contributed by atoms with Gasteiger partial charge in [-0.15, -0.1) is 31.7 Å². The Labute approximate surface area is 209 Å². The normalized spacial score (nSPS) is 9.93. The molecule has 0 aromatic carbocycles. The molecule has 0 aliphatic carbocycles. The first-order valence-corrected chi connectivity index (χ1v) is 19.9. The first kappa shape index (κ1) is 41.6. The van der Waals surface area contributed by atoms with E-state index in [1.54, 1.807) is 0 Å². The van der Waals surface area contributed by atoms with Crippen molar-refractivity contribution < 1.29 is 21.1 Å². The summed E-state index contributed by atoms with van der Waals surface area (Å²) in [5.74, 6) is 0. The van der Waals surface area contributed by atoms with Crippen LogP contribution >= 0.6 is 31.7 Å². The van der Waals surface area contributed by atoms with Crippen LogP contribution in [0, 0.1) is 0 Å². The third kappa shape index (κ3) is 35.2. The summed E-state index contributed by atoms with van der Waals surface area (Å²) in [7, 11) is 1.78. The molecule has 29 heavy (non-hydrogen) atoms. The van der Waals surface area contributed by atoms with E-state index in [9.17, 15) is 0 Å². The van der Waals surface area contributed by atoms with Crippen molar-refractivity contribution in [3.63, 3.8) is 0 Å². The van der Waals surface area contributed by atoms with E-state index in [2.05, 4.69) is 83.1 Å². The third-order valence-electron chi connectivity index (χ3n) is 5.37. The Hall–Kier alpha value is 2.41. The van der Waals surface area contributed by atoms with Crippen molar-refractivity contribution in [3.8, 4) is 0 Å². The Balaban J connectivity index is -0.0000000873. The van der Waals surface area contributed by atoms with E-state index in [0.717, 1.165) is 0 Å². The van der Waals surface area contributed by atoms with E-state index < -0.39 is 0 Å². The van der Waals surface area contributed by atoms with Crippen molar-refractivity contribution in [1.29, 1.82) is 0 Å². The van der Waals surface area contributed by atoms with Gasteiger partial charge in [-0.3, -0.25) is 0 Å². The predicted octanol–water partition coefficient (Wildman–Crippen LogP) is 10.1. The number of hydrogen-bond acceptors (Lipinski definition) is 0. The smallest absolute Gasteiger partial charge is 0 e. The predicted molar refractivity (Wildman–Crippen MR) is 154 cm³/mol. The minimum Gasteiger partial charge on any atom is -0.108 e. The Morgan fingerprint density at radius 2 is 0.310 bits per heavy atom. The molecule has 0 N–H and O–H groups in total. The summed E-state index contributed by atoms with van der Waals surface area (Å²) in [6.45, 7) is 27.5. The van der Waals surface area contributed by atoms with Crippen LogP contribution in [0.15, 0.2) is 0 Å². The molecule has 0 atom stereocenters. The summed E-state index contributed by atoms with van der Waals surface area (Å²) in [5, 5.41) is 0. The fraction of sp³-hybridized carbons (Fsp3) is 1.00. The van der Waals surface area contributed by atoms with Crippen molar-refractivity contribution in [3.05, 3.63) is 0 Å². The van der Waals surface area contributed by atoms with Crippen molar-refractivity contribution in [2.24, 2.45) is 0 Å². The molecule has 0 unspecified atom stereocenters. The van der Waals surface area contributed by atoms with E-state index in [4.69, 9.17) is 0 Å². The zero-order valence-electron chi connectivity index (χ0n) is 22.6. The topological polar surface area (TPSA) is 0 Å². The maximum Gasteiger partial charge on any atom is 0 e. The molecule has 0 aliphatic heterocycles. The average Bonchev–Trinajstić information content (AvgIpc) is 2.75. The summed E-state index contributed by atoms with van der Waals surface area (Å²) in [4.78, 5) is 0. The van der Waals surface area contributed by atoms with Crippen LogP contribution in [0.25, 0.3) is 0 Å². The van der Waals surface area contributed by atoms with Crippen LogP contribution in [0.5, 0.6) is 0 Å². The van der Waals surface area contributed by atoms with E-state index >= 15 is 0 Å². The van der Waals surface area contributed by atoms with E-state index in [1.807, 2.05) is 0 Å². The molecule has 0 aromatic heterocycles. The molecule has 0 spiro atoms. The Morgan fingerprint density at radius 3 is 0.310 bits per heavy atom. The summed E-state index contributed by atoms with van der Waals surface area (Å²) in [6, 6.07) is 0. The molecule has 0 radical (unpaired) electrons. The largest absolute Gasteiger partial charge is 0.108 e. The van der Waals surface area contributed by atoms with Crippen LogP contribution in [-0.2, 0) is 21.1 Å². The van der Waals surface area contributed by atoms with Gasteiger partial charge in [0.15, 0.2) is 0 Å². The fourth-order valence-corrected chi connectivity index (χ4v) is 8.05. The number of hydrogen-bond donors (Lipinski definition) is 0. The minimum absolute atomic E-state index is 0. The van der Waals surface area contributed by atoms with Gasteiger partial charge in [0.05, 0.1) is 0 Å². The van der Waals surface area contributed by atoms with Crippen molar-refractivity contribution in [2.75, 3.05) is 73.9 Å². The molecule has 5 heteroatoms. The van der Waals surface area contributed by atoms with Crippen LogP contribution in [0.1, 0.15) is 83.1 Å². The second kappa shape index (κ2) is 37.7. The second-order valence-corrected chi connectivity index (χ2v) is 19.4. The average molecular weight is 668 g/mol. The van der Waals surface area contributed by atoms with Gasteiger partial charge in [0, 0.05) is 21.1 Å². The zero-order chi connectivity index (χ0) is 22.8. The molecule has 0 saturated carbocycles. The van der Waals surface area contributed by atoms with Gasteiger partial charge < -0.3 is 0 Å². The van der Waals surface area contributed by atoms with Crippen LogP contribution in [0.3, 0.4) is 0 Å². The molecule has 0 rings (SSSR count). The summed E-state index contributed by atoms with van der Waals surface area (Å²) < 4.78 is 0. The van der Waals surface area contributed by atoms with Gasteiger partial charge in [0.2, 0.25) is 0 Å². The van der Waals surface area contributed by atoms with Crippen LogP contribution in [0.2, 0.25) is 0 Å². The molecule has 186 valence electrons. The quantitative estimate of drug-likeness (QED) is 0.182. The zero-order valence-corrected chi connectivity index (χ0v) is 28.4. The maximum absolute atomic E-state index is 2.29. The molecule has 0 fully saturated rings. The van der Waals surface area contributed by atoms with Gasteiger partial charge in [-0.05, 0) is 73.9 Å². The molecule has 0 bridgehead atoms. The maximum atomic E-state index is 2.29. The summed E-state index contributed by atoms with van der Waals surface area (Å²) in [6.07, 6.45) is 17.0. The van der Waals surface area contributed by atoms with Gasteiger partial charge in [0.25, 0.3) is 0 Å². The SMILES string of the molecule is CCP(CC)CC.CCP(CC)CC.CCP(CC)CC.CCP(CC)CC.[Pt]. The summed E-state index contributed by atoms with van der Waals surface area (Å²) in [5.41, 5.74) is 0. The molecule has 0 amide bonds. The van der Waals surface area contributed by atoms with Gasteiger partial charge in [0.1, 0.15) is 0 Å². The molecular weight excluding hydrogens is 607 g/mol. The van der Waals surface area contributed by atoms with E-state index in [0.29, 0.717) is 31.7 Å².